The highest BCUT2D eigenvalue weighted by molar-refractivity contribution is 6.22. The molecule has 0 spiro atoms. The molecule has 3 heterocycles. The van der Waals surface area contributed by atoms with E-state index in [1.165, 1.54) is 17.8 Å². The maximum Gasteiger partial charge on any atom is 0.227 e. The van der Waals surface area contributed by atoms with E-state index < -0.39 is 0 Å². The molecule has 0 radical (unpaired) electrons. The number of aromatic nitrogens is 3. The maximum atomic E-state index is 6.74. The lowest BCUT2D eigenvalue weighted by atomic mass is 9.98. The van der Waals surface area contributed by atoms with Crippen molar-refractivity contribution in [1.82, 2.24) is 14.1 Å². The number of oxazole rings is 1. The fraction of sp³-hybridized carbons (Fsp3) is 0.0385. The minimum Gasteiger partial charge on any atom is -0.436 e. The van der Waals surface area contributed by atoms with Crippen molar-refractivity contribution in [1.29, 1.82) is 0 Å². The van der Waals surface area contributed by atoms with Gasteiger partial charge in [0.15, 0.2) is 5.58 Å². The summed E-state index contributed by atoms with van der Waals surface area (Å²) in [6.45, 7) is 0. The lowest BCUT2D eigenvalue weighted by Crippen LogP contribution is -2.15. The van der Waals surface area contributed by atoms with E-state index in [2.05, 4.69) is 136 Å². The average Bonchev–Trinajstić information content (AvgIpc) is 4.00. The van der Waals surface area contributed by atoms with Gasteiger partial charge in [0.2, 0.25) is 5.89 Å². The molecule has 8 aromatic carbocycles. The standard InChI is InChI=1S/C51H35N5O.CH5N/c52-50(34-18-6-2-7-19-34)53-47(33-16-4-1-5-17-33)36-22-14-23-37(32-36)55-43-30-31-45-48(54-51(57-45)35-20-8-3-9-21-35)46(43)40-26-15-29-44(49(40)55)56-41-27-12-10-24-38(41)39-25-11-13-28-42(39)56;1-2/h1-32,47H,(H2,52,53);2H2,1H3. The summed E-state index contributed by atoms with van der Waals surface area (Å²) in [5, 5.41) is 4.54. The van der Waals surface area contributed by atoms with Gasteiger partial charge in [-0.15, -0.1) is 0 Å². The van der Waals surface area contributed by atoms with Crippen molar-refractivity contribution in [2.75, 3.05) is 7.05 Å². The van der Waals surface area contributed by atoms with E-state index in [9.17, 15) is 0 Å². The second-order valence-corrected chi connectivity index (χ2v) is 14.4. The van der Waals surface area contributed by atoms with Gasteiger partial charge < -0.3 is 25.0 Å². The first-order chi connectivity index (χ1) is 29.2. The first kappa shape index (κ1) is 35.7. The van der Waals surface area contributed by atoms with Crippen LogP contribution in [0.5, 0.6) is 0 Å². The summed E-state index contributed by atoms with van der Waals surface area (Å²) in [5.74, 6) is 1.09. The second kappa shape index (κ2) is 15.0. The highest BCUT2D eigenvalue weighted by atomic mass is 16.3. The molecular weight excluding hydrogens is 725 g/mol. The summed E-state index contributed by atoms with van der Waals surface area (Å²) in [4.78, 5) is 10.4. The Bertz CT molecular complexity index is 3250. The van der Waals surface area contributed by atoms with E-state index >= 15 is 0 Å². The number of rotatable bonds is 7. The van der Waals surface area contributed by atoms with Crippen molar-refractivity contribution in [3.05, 3.63) is 211 Å². The molecule has 0 amide bonds. The normalized spacial score (nSPS) is 12.3. The molecule has 0 bridgehead atoms. The molecule has 1 unspecified atom stereocenters. The molecule has 59 heavy (non-hydrogen) atoms. The number of nitrogens with two attached hydrogens (primary N) is 2. The van der Waals surface area contributed by atoms with Crippen LogP contribution < -0.4 is 11.5 Å². The predicted octanol–water partition coefficient (Wildman–Crippen LogP) is 11.8. The number of hydrogen-bond donors (Lipinski definition) is 2. The quantitative estimate of drug-likeness (QED) is 0.125. The molecule has 4 N–H and O–H groups in total. The van der Waals surface area contributed by atoms with Crippen LogP contribution in [0.2, 0.25) is 0 Å². The third-order valence-electron chi connectivity index (χ3n) is 11.0. The summed E-state index contributed by atoms with van der Waals surface area (Å²) < 4.78 is 11.3. The van der Waals surface area contributed by atoms with Crippen LogP contribution in [-0.2, 0) is 0 Å². The Kier molecular flexibility index (Phi) is 9.05. The van der Waals surface area contributed by atoms with Crippen molar-refractivity contribution in [2.45, 2.75) is 6.04 Å². The zero-order valence-corrected chi connectivity index (χ0v) is 32.4. The van der Waals surface area contributed by atoms with E-state index in [1.807, 2.05) is 72.8 Å². The molecule has 7 heteroatoms. The Morgan fingerprint density at radius 1 is 0.559 bits per heavy atom. The summed E-state index contributed by atoms with van der Waals surface area (Å²) in [6, 6.07) is 66.9. The Balaban J connectivity index is 0.00000207. The summed E-state index contributed by atoms with van der Waals surface area (Å²) in [5.41, 5.74) is 23.2. The predicted molar refractivity (Wildman–Crippen MR) is 244 cm³/mol. The van der Waals surface area contributed by atoms with E-state index in [-0.39, 0.29) is 6.04 Å². The van der Waals surface area contributed by atoms with Gasteiger partial charge in [0, 0.05) is 38.4 Å². The summed E-state index contributed by atoms with van der Waals surface area (Å²) in [6.07, 6.45) is 0. The van der Waals surface area contributed by atoms with Crippen LogP contribution in [0, 0.1) is 0 Å². The highest BCUT2D eigenvalue weighted by Crippen LogP contribution is 2.43. The number of nitrogens with zero attached hydrogens (tertiary/aromatic N) is 4. The van der Waals surface area contributed by atoms with Crippen LogP contribution in [0.1, 0.15) is 22.7 Å². The van der Waals surface area contributed by atoms with E-state index in [0.717, 1.165) is 77.6 Å². The Hall–Kier alpha value is -7.74. The monoisotopic (exact) mass is 764 g/mol. The summed E-state index contributed by atoms with van der Waals surface area (Å²) in [7, 11) is 1.50. The van der Waals surface area contributed by atoms with E-state index in [0.29, 0.717) is 11.7 Å². The Morgan fingerprint density at radius 2 is 1.15 bits per heavy atom. The van der Waals surface area contributed by atoms with Crippen molar-refractivity contribution < 1.29 is 4.42 Å². The second-order valence-electron chi connectivity index (χ2n) is 14.4. The summed E-state index contributed by atoms with van der Waals surface area (Å²) >= 11 is 0. The Morgan fingerprint density at radius 3 is 1.86 bits per heavy atom. The van der Waals surface area contributed by atoms with Gasteiger partial charge in [0.25, 0.3) is 0 Å². The number of aliphatic imine (C=N–C) groups is 1. The molecule has 0 aliphatic rings. The van der Waals surface area contributed by atoms with Gasteiger partial charge in [-0.1, -0.05) is 140 Å². The molecule has 0 saturated heterocycles. The number of hydrogen-bond acceptors (Lipinski definition) is 4. The molecule has 0 aliphatic carbocycles. The number of benzene rings is 8. The molecule has 0 fully saturated rings. The van der Waals surface area contributed by atoms with E-state index in [1.54, 1.807) is 0 Å². The minimum atomic E-state index is -0.341. The van der Waals surface area contributed by atoms with Crippen LogP contribution in [0.3, 0.4) is 0 Å². The molecule has 11 rings (SSSR count). The number of amidine groups is 1. The van der Waals surface area contributed by atoms with Crippen molar-refractivity contribution in [3.8, 4) is 22.8 Å². The molecule has 1 atom stereocenters. The lowest BCUT2D eigenvalue weighted by molar-refractivity contribution is 0.620. The molecule has 3 aromatic heterocycles. The van der Waals surface area contributed by atoms with Gasteiger partial charge in [0.05, 0.1) is 27.8 Å². The first-order valence-corrected chi connectivity index (χ1v) is 19.7. The van der Waals surface area contributed by atoms with Crippen molar-refractivity contribution >= 4 is 60.5 Å². The minimum absolute atomic E-state index is 0.341. The van der Waals surface area contributed by atoms with Gasteiger partial charge in [-0.2, -0.15) is 0 Å². The fourth-order valence-electron chi connectivity index (χ4n) is 8.49. The van der Waals surface area contributed by atoms with Gasteiger partial charge in [-0.05, 0) is 72.8 Å². The largest absolute Gasteiger partial charge is 0.436 e. The van der Waals surface area contributed by atoms with Crippen LogP contribution in [0.15, 0.2) is 204 Å². The smallest absolute Gasteiger partial charge is 0.227 e. The highest BCUT2D eigenvalue weighted by Gasteiger charge is 2.24. The molecular formula is C52H40N6O. The van der Waals surface area contributed by atoms with Gasteiger partial charge >= 0.3 is 0 Å². The SMILES string of the molecule is CN.NC(=NC(c1ccccc1)c1cccc(-n2c3ccc4oc(-c5ccccc5)nc4c3c3cccc(-n4c5ccccc5c5ccccc54)c32)c1)c1ccccc1. The zero-order chi connectivity index (χ0) is 39.9. The lowest BCUT2D eigenvalue weighted by Gasteiger charge is -2.18. The number of fused-ring (bicyclic) bond motifs is 8. The van der Waals surface area contributed by atoms with Crippen LogP contribution in [0.4, 0.5) is 0 Å². The topological polar surface area (TPSA) is 100 Å². The fourth-order valence-corrected chi connectivity index (χ4v) is 8.49. The molecule has 284 valence electrons. The third-order valence-corrected chi connectivity index (χ3v) is 11.0. The third kappa shape index (κ3) is 6.04. The van der Waals surface area contributed by atoms with Crippen molar-refractivity contribution in [3.63, 3.8) is 0 Å². The van der Waals surface area contributed by atoms with E-state index in [4.69, 9.17) is 20.1 Å². The van der Waals surface area contributed by atoms with Gasteiger partial charge in [-0.3, -0.25) is 4.99 Å². The first-order valence-electron chi connectivity index (χ1n) is 19.7. The van der Waals surface area contributed by atoms with Gasteiger partial charge in [0.1, 0.15) is 17.4 Å². The van der Waals surface area contributed by atoms with Gasteiger partial charge in [-0.25, -0.2) is 4.98 Å². The maximum absolute atomic E-state index is 6.74. The zero-order valence-electron chi connectivity index (χ0n) is 32.4. The molecule has 11 aromatic rings. The van der Waals surface area contributed by atoms with Crippen LogP contribution >= 0.6 is 0 Å². The Labute approximate surface area is 341 Å². The van der Waals surface area contributed by atoms with Crippen molar-refractivity contribution in [2.24, 2.45) is 16.5 Å². The molecule has 0 aliphatic heterocycles. The van der Waals surface area contributed by atoms with Crippen LogP contribution in [-0.4, -0.2) is 27.0 Å². The average molecular weight is 765 g/mol. The molecule has 0 saturated carbocycles. The molecule has 7 nitrogen and oxygen atoms in total. The van der Waals surface area contributed by atoms with Crippen LogP contribution in [0.25, 0.3) is 77.5 Å². The number of para-hydroxylation sites is 3.